The van der Waals surface area contributed by atoms with Crippen LogP contribution in [0.25, 0.3) is 22.5 Å². The highest BCUT2D eigenvalue weighted by Gasteiger charge is 2.26. The molecule has 0 aliphatic carbocycles. The second-order valence-electron chi connectivity index (χ2n) is 8.34. The average molecular weight is 474 g/mol. The number of aryl methyl sites for hydroxylation is 2. The van der Waals surface area contributed by atoms with Crippen LogP contribution in [0.5, 0.6) is 0 Å². The van der Waals surface area contributed by atoms with E-state index in [4.69, 9.17) is 26.0 Å². The van der Waals surface area contributed by atoms with Crippen LogP contribution >= 0.6 is 11.6 Å². The molecular weight excluding hydrogens is 450 g/mol. The molecule has 0 unspecified atom stereocenters. The lowest BCUT2D eigenvalue weighted by Gasteiger charge is -2.35. The minimum atomic E-state index is -0.0854. The zero-order valence-electron chi connectivity index (χ0n) is 19.0. The van der Waals surface area contributed by atoms with Crippen molar-refractivity contribution in [1.82, 2.24) is 19.9 Å². The van der Waals surface area contributed by atoms with E-state index in [1.54, 1.807) is 30.7 Å². The molecule has 1 fully saturated rings. The van der Waals surface area contributed by atoms with Gasteiger partial charge in [0.05, 0.1) is 16.9 Å². The van der Waals surface area contributed by atoms with Crippen LogP contribution in [0.15, 0.2) is 65.5 Å². The van der Waals surface area contributed by atoms with E-state index in [-0.39, 0.29) is 5.91 Å². The Morgan fingerprint density at radius 3 is 2.38 bits per heavy atom. The third kappa shape index (κ3) is 4.39. The molecule has 1 aliphatic rings. The second kappa shape index (κ2) is 9.27. The SMILES string of the molecule is Cc1ccc(-c2ncc(N3CCN(C(=O)c4ccc(C)o4)CC3)nc2-c2ccncc2Cl)cc1. The van der Waals surface area contributed by atoms with E-state index in [0.717, 1.165) is 28.4 Å². The molecule has 8 heteroatoms. The molecule has 0 saturated carbocycles. The molecule has 7 nitrogen and oxygen atoms in total. The Morgan fingerprint density at radius 2 is 1.71 bits per heavy atom. The van der Waals surface area contributed by atoms with Crippen LogP contribution in [0.1, 0.15) is 21.9 Å². The molecule has 1 aliphatic heterocycles. The van der Waals surface area contributed by atoms with Gasteiger partial charge < -0.3 is 14.2 Å². The summed E-state index contributed by atoms with van der Waals surface area (Å²) in [5.74, 6) is 1.77. The van der Waals surface area contributed by atoms with Gasteiger partial charge in [0.2, 0.25) is 0 Å². The highest BCUT2D eigenvalue weighted by atomic mass is 35.5. The van der Waals surface area contributed by atoms with Gasteiger partial charge in [0.1, 0.15) is 17.3 Å². The standard InChI is InChI=1S/C26H24ClN5O2/c1-17-3-6-19(7-4-17)24-25(20-9-10-28-15-21(20)27)30-23(16-29-24)31-11-13-32(14-12-31)26(33)22-8-5-18(2)34-22/h3-10,15-16H,11-14H2,1-2H3. The van der Waals surface area contributed by atoms with E-state index in [9.17, 15) is 4.79 Å². The molecular formula is C26H24ClN5O2. The highest BCUT2D eigenvalue weighted by molar-refractivity contribution is 6.33. The van der Waals surface area contributed by atoms with Crippen LogP contribution in [0.4, 0.5) is 5.82 Å². The Morgan fingerprint density at radius 1 is 0.941 bits per heavy atom. The minimum Gasteiger partial charge on any atom is -0.456 e. The quantitative estimate of drug-likeness (QED) is 0.413. The number of benzene rings is 1. The van der Waals surface area contributed by atoms with Gasteiger partial charge in [0.25, 0.3) is 5.91 Å². The maximum atomic E-state index is 12.7. The zero-order valence-corrected chi connectivity index (χ0v) is 19.8. The van der Waals surface area contributed by atoms with Gasteiger partial charge in [-0.15, -0.1) is 0 Å². The van der Waals surface area contributed by atoms with Crippen LogP contribution < -0.4 is 4.90 Å². The van der Waals surface area contributed by atoms with Crippen molar-refractivity contribution in [2.45, 2.75) is 13.8 Å². The Kier molecular flexibility index (Phi) is 6.02. The lowest BCUT2D eigenvalue weighted by molar-refractivity contribution is 0.0713. The number of hydrogen-bond donors (Lipinski definition) is 0. The lowest BCUT2D eigenvalue weighted by atomic mass is 10.0. The van der Waals surface area contributed by atoms with Crippen molar-refractivity contribution < 1.29 is 9.21 Å². The number of carbonyl (C=O) groups is 1. The molecule has 0 atom stereocenters. The van der Waals surface area contributed by atoms with E-state index in [0.29, 0.717) is 42.7 Å². The first kappa shape index (κ1) is 22.1. The summed E-state index contributed by atoms with van der Waals surface area (Å²) in [6, 6.07) is 13.6. The van der Waals surface area contributed by atoms with Crippen LogP contribution in [-0.4, -0.2) is 51.9 Å². The summed E-state index contributed by atoms with van der Waals surface area (Å²) in [5, 5.41) is 0.520. The molecule has 172 valence electrons. The van der Waals surface area contributed by atoms with Gasteiger partial charge in [-0.25, -0.2) is 4.98 Å². The fourth-order valence-corrected chi connectivity index (χ4v) is 4.26. The predicted molar refractivity (Wildman–Crippen MR) is 132 cm³/mol. The van der Waals surface area contributed by atoms with Crippen LogP contribution in [0.2, 0.25) is 5.02 Å². The van der Waals surface area contributed by atoms with Gasteiger partial charge in [0.15, 0.2) is 5.76 Å². The smallest absolute Gasteiger partial charge is 0.289 e. The Labute approximate surface area is 203 Å². The molecule has 3 aromatic heterocycles. The normalized spacial score (nSPS) is 13.9. The van der Waals surface area contributed by atoms with Crippen LogP contribution in [0.3, 0.4) is 0 Å². The first-order chi connectivity index (χ1) is 16.5. The van der Waals surface area contributed by atoms with Crippen molar-refractivity contribution in [3.8, 4) is 22.5 Å². The monoisotopic (exact) mass is 473 g/mol. The number of furan rings is 1. The first-order valence-electron chi connectivity index (χ1n) is 11.1. The Balaban J connectivity index is 1.43. The highest BCUT2D eigenvalue weighted by Crippen LogP contribution is 2.34. The summed E-state index contributed by atoms with van der Waals surface area (Å²) in [4.78, 5) is 30.6. The summed E-state index contributed by atoms with van der Waals surface area (Å²) in [7, 11) is 0. The summed E-state index contributed by atoms with van der Waals surface area (Å²) in [6.07, 6.45) is 5.11. The van der Waals surface area contributed by atoms with Crippen LogP contribution in [0, 0.1) is 13.8 Å². The van der Waals surface area contributed by atoms with Crippen molar-refractivity contribution in [2.75, 3.05) is 31.1 Å². The van der Waals surface area contributed by atoms with Crippen molar-refractivity contribution >= 4 is 23.3 Å². The molecule has 1 saturated heterocycles. The van der Waals surface area contributed by atoms with Gasteiger partial charge in [0, 0.05) is 49.7 Å². The first-order valence-corrected chi connectivity index (χ1v) is 11.5. The second-order valence-corrected chi connectivity index (χ2v) is 8.74. The molecule has 0 N–H and O–H groups in total. The lowest BCUT2D eigenvalue weighted by Crippen LogP contribution is -2.49. The molecule has 1 aromatic carbocycles. The van der Waals surface area contributed by atoms with E-state index in [1.165, 1.54) is 5.56 Å². The number of aromatic nitrogens is 3. The van der Waals surface area contributed by atoms with Gasteiger partial charge in [-0.1, -0.05) is 41.4 Å². The minimum absolute atomic E-state index is 0.0854. The molecule has 4 heterocycles. The topological polar surface area (TPSA) is 75.4 Å². The summed E-state index contributed by atoms with van der Waals surface area (Å²) in [5.41, 5.74) is 4.39. The third-order valence-electron chi connectivity index (χ3n) is 5.95. The van der Waals surface area contributed by atoms with E-state index in [1.807, 2.05) is 30.0 Å². The van der Waals surface area contributed by atoms with Crippen molar-refractivity contribution in [3.63, 3.8) is 0 Å². The number of piperazine rings is 1. The number of halogens is 1. The molecule has 0 bridgehead atoms. The number of pyridine rings is 1. The molecule has 1 amide bonds. The molecule has 4 aromatic rings. The molecule has 0 radical (unpaired) electrons. The molecule has 34 heavy (non-hydrogen) atoms. The van der Waals surface area contributed by atoms with Crippen molar-refractivity contribution in [3.05, 3.63) is 83.2 Å². The van der Waals surface area contributed by atoms with Gasteiger partial charge in [-0.3, -0.25) is 14.8 Å². The van der Waals surface area contributed by atoms with Gasteiger partial charge >= 0.3 is 0 Å². The Hall–Kier alpha value is -3.71. The van der Waals surface area contributed by atoms with Crippen molar-refractivity contribution in [2.24, 2.45) is 0 Å². The summed E-state index contributed by atoms with van der Waals surface area (Å²) >= 11 is 6.50. The number of nitrogens with zero attached hydrogens (tertiary/aromatic N) is 5. The largest absolute Gasteiger partial charge is 0.456 e. The predicted octanol–water partition coefficient (Wildman–Crippen LogP) is 5.03. The molecule has 0 spiro atoms. The fraction of sp³-hybridized carbons (Fsp3) is 0.231. The van der Waals surface area contributed by atoms with Gasteiger partial charge in [-0.05, 0) is 32.0 Å². The third-order valence-corrected chi connectivity index (χ3v) is 6.26. The average Bonchev–Trinajstić information content (AvgIpc) is 3.30. The van der Waals surface area contributed by atoms with E-state index in [2.05, 4.69) is 28.9 Å². The number of hydrogen-bond acceptors (Lipinski definition) is 6. The van der Waals surface area contributed by atoms with Crippen molar-refractivity contribution in [1.29, 1.82) is 0 Å². The number of carbonyl (C=O) groups excluding carboxylic acids is 1. The number of rotatable bonds is 4. The zero-order chi connectivity index (χ0) is 23.7. The summed E-state index contributed by atoms with van der Waals surface area (Å²) < 4.78 is 5.50. The Bertz CT molecular complexity index is 1330. The number of anilines is 1. The van der Waals surface area contributed by atoms with Crippen LogP contribution in [-0.2, 0) is 0 Å². The van der Waals surface area contributed by atoms with Gasteiger partial charge in [-0.2, -0.15) is 0 Å². The molecule has 5 rings (SSSR count). The van der Waals surface area contributed by atoms with E-state index >= 15 is 0 Å². The van der Waals surface area contributed by atoms with E-state index < -0.39 is 0 Å². The number of amides is 1. The maximum absolute atomic E-state index is 12.7. The summed E-state index contributed by atoms with van der Waals surface area (Å²) in [6.45, 7) is 6.33. The fourth-order valence-electron chi connectivity index (χ4n) is 4.05. The maximum Gasteiger partial charge on any atom is 0.289 e.